The number of rotatable bonds is 2. The van der Waals surface area contributed by atoms with Crippen molar-refractivity contribution in [1.82, 2.24) is 0 Å². The van der Waals surface area contributed by atoms with Crippen LogP contribution >= 0.6 is 0 Å². The van der Waals surface area contributed by atoms with Crippen molar-refractivity contribution in [2.24, 2.45) is 0 Å². The van der Waals surface area contributed by atoms with Gasteiger partial charge in [-0.05, 0) is 50.0 Å². The molecule has 2 aromatic rings. The molecule has 0 atom stereocenters. The molecule has 0 saturated carbocycles. The van der Waals surface area contributed by atoms with E-state index in [-0.39, 0.29) is 5.54 Å². The molecule has 20 heavy (non-hydrogen) atoms. The second-order valence-corrected chi connectivity index (χ2v) is 6.47. The minimum absolute atomic E-state index is 0.0715. The van der Waals surface area contributed by atoms with Gasteiger partial charge in [-0.3, -0.25) is 0 Å². The van der Waals surface area contributed by atoms with Gasteiger partial charge in [0.1, 0.15) is 0 Å². The highest BCUT2D eigenvalue weighted by Crippen LogP contribution is 2.35. The lowest BCUT2D eigenvalue weighted by atomic mass is 9.99. The van der Waals surface area contributed by atoms with E-state index < -0.39 is 0 Å². The molecule has 0 bridgehead atoms. The zero-order valence-electron chi connectivity index (χ0n) is 12.4. The van der Waals surface area contributed by atoms with Crippen molar-refractivity contribution in [2.75, 3.05) is 5.32 Å². The molecule has 0 aliphatic heterocycles. The highest BCUT2D eigenvalue weighted by molar-refractivity contribution is 5.92. The largest absolute Gasteiger partial charge is 0.380 e. The van der Waals surface area contributed by atoms with Crippen LogP contribution in [0.3, 0.4) is 0 Å². The van der Waals surface area contributed by atoms with E-state index in [1.54, 1.807) is 0 Å². The van der Waals surface area contributed by atoms with Crippen LogP contribution in [0.2, 0.25) is 0 Å². The third-order valence-electron chi connectivity index (χ3n) is 3.55. The molecule has 102 valence electrons. The quantitative estimate of drug-likeness (QED) is 0.804. The van der Waals surface area contributed by atoms with E-state index in [1.807, 2.05) is 0 Å². The first kappa shape index (κ1) is 13.0. The molecule has 0 radical (unpaired) electrons. The predicted octanol–water partition coefficient (Wildman–Crippen LogP) is 4.99. The van der Waals surface area contributed by atoms with E-state index >= 15 is 0 Å². The summed E-state index contributed by atoms with van der Waals surface area (Å²) in [6.45, 7) is 6.59. The lowest BCUT2D eigenvalue weighted by Crippen LogP contribution is -2.26. The number of fused-ring (bicyclic) bond motifs is 1. The summed E-state index contributed by atoms with van der Waals surface area (Å²) in [5.74, 6) is 0. The van der Waals surface area contributed by atoms with E-state index in [0.717, 1.165) is 6.42 Å². The van der Waals surface area contributed by atoms with E-state index in [4.69, 9.17) is 0 Å². The second-order valence-electron chi connectivity index (χ2n) is 6.47. The van der Waals surface area contributed by atoms with Crippen LogP contribution in [0.15, 0.2) is 48.5 Å². The van der Waals surface area contributed by atoms with Crippen LogP contribution in [0, 0.1) is 0 Å². The number of anilines is 1. The molecule has 2 aromatic carbocycles. The highest BCUT2D eigenvalue weighted by Gasteiger charge is 2.18. The maximum Gasteiger partial charge on any atom is 0.0420 e. The summed E-state index contributed by atoms with van der Waals surface area (Å²) in [6.07, 6.45) is 3.34. The monoisotopic (exact) mass is 263 g/mol. The first-order valence-corrected chi connectivity index (χ1v) is 7.19. The maximum atomic E-state index is 3.61. The zero-order chi connectivity index (χ0) is 14.2. The minimum atomic E-state index is 0.0715. The average molecular weight is 263 g/mol. The third-order valence-corrected chi connectivity index (χ3v) is 3.55. The number of allylic oxidation sites excluding steroid dienone is 1. The van der Waals surface area contributed by atoms with Gasteiger partial charge in [0.2, 0.25) is 0 Å². The summed E-state index contributed by atoms with van der Waals surface area (Å²) >= 11 is 0. The molecule has 1 nitrogen and oxygen atoms in total. The van der Waals surface area contributed by atoms with E-state index in [2.05, 4.69) is 80.7 Å². The fraction of sp³-hybridized carbons (Fsp3) is 0.263. The van der Waals surface area contributed by atoms with Crippen LogP contribution in [0.4, 0.5) is 5.69 Å². The van der Waals surface area contributed by atoms with E-state index in [9.17, 15) is 0 Å². The number of hydrogen-bond donors (Lipinski definition) is 1. The van der Waals surface area contributed by atoms with Crippen LogP contribution in [-0.4, -0.2) is 5.54 Å². The van der Waals surface area contributed by atoms with Gasteiger partial charge in [-0.1, -0.05) is 48.5 Å². The third kappa shape index (κ3) is 2.62. The lowest BCUT2D eigenvalue weighted by molar-refractivity contribution is 0.634. The molecule has 1 aliphatic carbocycles. The standard InChI is InChI=1S/C19H21N/c1-19(2,3)20-18-11-7-6-10-17(18)16-12-14-8-4-5-9-15(14)13-16/h4-12,20H,13H2,1-3H3. The summed E-state index contributed by atoms with van der Waals surface area (Å²) in [6, 6.07) is 17.2. The normalized spacial score (nSPS) is 13.8. The van der Waals surface area contributed by atoms with E-state index in [1.165, 1.54) is 28.0 Å². The van der Waals surface area contributed by atoms with Gasteiger partial charge < -0.3 is 5.32 Å². The van der Waals surface area contributed by atoms with Crippen molar-refractivity contribution in [2.45, 2.75) is 32.7 Å². The zero-order valence-corrected chi connectivity index (χ0v) is 12.4. The van der Waals surface area contributed by atoms with Crippen molar-refractivity contribution >= 4 is 17.3 Å². The molecular formula is C19H21N. The molecular weight excluding hydrogens is 242 g/mol. The fourth-order valence-corrected chi connectivity index (χ4v) is 2.73. The molecule has 0 fully saturated rings. The minimum Gasteiger partial charge on any atom is -0.380 e. The Morgan fingerprint density at radius 1 is 0.900 bits per heavy atom. The Bertz CT molecular complexity index is 659. The first-order valence-electron chi connectivity index (χ1n) is 7.19. The van der Waals surface area contributed by atoms with Crippen molar-refractivity contribution in [1.29, 1.82) is 0 Å². The van der Waals surface area contributed by atoms with Gasteiger partial charge in [-0.2, -0.15) is 0 Å². The molecule has 3 rings (SSSR count). The van der Waals surface area contributed by atoms with Crippen molar-refractivity contribution in [3.05, 3.63) is 65.2 Å². The number of hydrogen-bond acceptors (Lipinski definition) is 1. The Labute approximate surface area is 121 Å². The van der Waals surface area contributed by atoms with Gasteiger partial charge in [-0.25, -0.2) is 0 Å². The van der Waals surface area contributed by atoms with Gasteiger partial charge in [0.15, 0.2) is 0 Å². The number of benzene rings is 2. The molecule has 0 saturated heterocycles. The van der Waals surface area contributed by atoms with Crippen LogP contribution in [-0.2, 0) is 6.42 Å². The van der Waals surface area contributed by atoms with Crippen LogP contribution in [0.1, 0.15) is 37.5 Å². The molecule has 0 unspecified atom stereocenters. The molecule has 0 spiro atoms. The molecule has 0 amide bonds. The molecule has 1 N–H and O–H groups in total. The van der Waals surface area contributed by atoms with Gasteiger partial charge in [0.05, 0.1) is 0 Å². The van der Waals surface area contributed by atoms with Crippen molar-refractivity contribution < 1.29 is 0 Å². The van der Waals surface area contributed by atoms with Gasteiger partial charge in [0, 0.05) is 16.8 Å². The Balaban J connectivity index is 1.97. The van der Waals surface area contributed by atoms with Crippen LogP contribution < -0.4 is 5.32 Å². The Kier molecular flexibility index (Phi) is 3.13. The maximum absolute atomic E-state index is 3.61. The van der Waals surface area contributed by atoms with Crippen molar-refractivity contribution in [3.63, 3.8) is 0 Å². The van der Waals surface area contributed by atoms with Crippen molar-refractivity contribution in [3.8, 4) is 0 Å². The SMILES string of the molecule is CC(C)(C)Nc1ccccc1C1=Cc2ccccc2C1. The summed E-state index contributed by atoms with van der Waals surface area (Å²) in [7, 11) is 0. The summed E-state index contributed by atoms with van der Waals surface area (Å²) < 4.78 is 0. The highest BCUT2D eigenvalue weighted by atomic mass is 15.0. The predicted molar refractivity (Wildman–Crippen MR) is 87.8 cm³/mol. The fourth-order valence-electron chi connectivity index (χ4n) is 2.73. The first-order chi connectivity index (χ1) is 9.53. The van der Waals surface area contributed by atoms with Crippen LogP contribution in [0.25, 0.3) is 11.6 Å². The molecule has 0 heterocycles. The number of nitrogens with one attached hydrogen (secondary N) is 1. The topological polar surface area (TPSA) is 12.0 Å². The van der Waals surface area contributed by atoms with Gasteiger partial charge >= 0.3 is 0 Å². The van der Waals surface area contributed by atoms with Gasteiger partial charge in [0.25, 0.3) is 0 Å². The lowest BCUT2D eigenvalue weighted by Gasteiger charge is -2.24. The van der Waals surface area contributed by atoms with Gasteiger partial charge in [-0.15, -0.1) is 0 Å². The van der Waals surface area contributed by atoms with E-state index in [0.29, 0.717) is 0 Å². The Hall–Kier alpha value is -2.02. The molecule has 1 heteroatoms. The number of para-hydroxylation sites is 1. The summed E-state index contributed by atoms with van der Waals surface area (Å²) in [5, 5.41) is 3.61. The summed E-state index contributed by atoms with van der Waals surface area (Å²) in [5.41, 5.74) is 6.79. The van der Waals surface area contributed by atoms with Crippen LogP contribution in [0.5, 0.6) is 0 Å². The average Bonchev–Trinajstić information content (AvgIpc) is 2.81. The molecule has 1 aliphatic rings. The Morgan fingerprint density at radius 3 is 2.35 bits per heavy atom. The molecule has 0 aromatic heterocycles. The Morgan fingerprint density at radius 2 is 1.60 bits per heavy atom. The second kappa shape index (κ2) is 4.82. The summed E-state index contributed by atoms with van der Waals surface area (Å²) in [4.78, 5) is 0. The smallest absolute Gasteiger partial charge is 0.0420 e.